The van der Waals surface area contributed by atoms with Crippen LogP contribution in [0.2, 0.25) is 0 Å². The number of ether oxygens (including phenoxy) is 2. The summed E-state index contributed by atoms with van der Waals surface area (Å²) in [7, 11) is 0. The van der Waals surface area contributed by atoms with E-state index in [1.807, 2.05) is 0 Å². The van der Waals surface area contributed by atoms with Crippen LogP contribution in [0.4, 0.5) is 5.69 Å². The van der Waals surface area contributed by atoms with Crippen LogP contribution in [-0.2, 0) is 4.79 Å². The van der Waals surface area contributed by atoms with Gasteiger partial charge in [-0.2, -0.15) is 0 Å². The second-order valence-corrected chi connectivity index (χ2v) is 6.02. The Morgan fingerprint density at radius 3 is 2.85 bits per heavy atom. The van der Waals surface area contributed by atoms with Crippen LogP contribution < -0.4 is 20.3 Å². The number of amides is 1. The molecule has 2 aromatic rings. The first-order valence-corrected chi connectivity index (χ1v) is 8.42. The Labute approximate surface area is 150 Å². The number of fused-ring (bicyclic) bond motifs is 1. The molecule has 0 bridgehead atoms. The molecule has 0 aliphatic carbocycles. The van der Waals surface area contributed by atoms with E-state index in [4.69, 9.17) is 9.47 Å². The van der Waals surface area contributed by atoms with Gasteiger partial charge in [0.2, 0.25) is 0 Å². The zero-order valence-electron chi connectivity index (χ0n) is 14.8. The summed E-state index contributed by atoms with van der Waals surface area (Å²) in [5, 5.41) is 2.72. The van der Waals surface area contributed by atoms with Crippen LogP contribution in [0.25, 0.3) is 0 Å². The van der Waals surface area contributed by atoms with E-state index in [2.05, 4.69) is 5.32 Å². The van der Waals surface area contributed by atoms with Gasteiger partial charge < -0.3 is 19.4 Å². The quantitative estimate of drug-likeness (QED) is 0.832. The summed E-state index contributed by atoms with van der Waals surface area (Å²) in [4.78, 5) is 37.1. The monoisotopic (exact) mass is 356 g/mol. The molecule has 3 rings (SSSR count). The van der Waals surface area contributed by atoms with Crippen LogP contribution in [0.5, 0.6) is 11.5 Å². The number of ketones is 1. The Hall–Kier alpha value is -3.09. The van der Waals surface area contributed by atoms with E-state index in [0.29, 0.717) is 23.6 Å². The van der Waals surface area contributed by atoms with Gasteiger partial charge >= 0.3 is 0 Å². The first-order chi connectivity index (χ1) is 12.4. The van der Waals surface area contributed by atoms with Gasteiger partial charge in [-0.05, 0) is 51.1 Å². The summed E-state index contributed by atoms with van der Waals surface area (Å²) < 4.78 is 12.1. The predicted octanol–water partition coefficient (Wildman–Crippen LogP) is 2.41. The number of hydrogen-bond acceptors (Lipinski definition) is 5. The van der Waals surface area contributed by atoms with Gasteiger partial charge in [0, 0.05) is 11.8 Å². The number of anilines is 1. The molecule has 1 aliphatic rings. The largest absolute Gasteiger partial charge is 0.488 e. The van der Waals surface area contributed by atoms with Gasteiger partial charge in [-0.1, -0.05) is 0 Å². The lowest BCUT2D eigenvalue weighted by atomic mass is 10.0. The summed E-state index contributed by atoms with van der Waals surface area (Å²) >= 11 is 0. The fourth-order valence-corrected chi connectivity index (χ4v) is 2.79. The summed E-state index contributed by atoms with van der Waals surface area (Å²) in [6, 6.07) is 7.35. The van der Waals surface area contributed by atoms with E-state index in [1.54, 1.807) is 57.3 Å². The normalized spacial score (nSPS) is 16.9. The van der Waals surface area contributed by atoms with Crippen LogP contribution >= 0.6 is 0 Å². The van der Waals surface area contributed by atoms with Crippen LogP contribution in [0.1, 0.15) is 37.2 Å². The lowest BCUT2D eigenvalue weighted by Crippen LogP contribution is -2.34. The molecule has 1 aliphatic heterocycles. The van der Waals surface area contributed by atoms with Crippen molar-refractivity contribution in [1.82, 2.24) is 4.57 Å². The number of carbonyl (C=O) groups excluding carboxylic acids is 2. The van der Waals surface area contributed by atoms with Crippen molar-refractivity contribution < 1.29 is 19.1 Å². The number of nitrogens with zero attached hydrogens (tertiary/aromatic N) is 1. The van der Waals surface area contributed by atoms with Crippen molar-refractivity contribution in [2.24, 2.45) is 0 Å². The molecule has 136 valence electrons. The first-order valence-electron chi connectivity index (χ1n) is 8.42. The highest BCUT2D eigenvalue weighted by Gasteiger charge is 2.26. The van der Waals surface area contributed by atoms with E-state index >= 15 is 0 Å². The average Bonchev–Trinajstić information content (AvgIpc) is 2.63. The molecule has 0 fully saturated rings. The lowest BCUT2D eigenvalue weighted by molar-refractivity contribution is -0.122. The van der Waals surface area contributed by atoms with Crippen molar-refractivity contribution in [2.45, 2.75) is 32.9 Å². The maximum absolute atomic E-state index is 12.8. The Morgan fingerprint density at radius 2 is 2.12 bits per heavy atom. The van der Waals surface area contributed by atoms with E-state index in [-0.39, 0.29) is 23.0 Å². The van der Waals surface area contributed by atoms with Gasteiger partial charge in [-0.3, -0.25) is 14.4 Å². The van der Waals surface area contributed by atoms with Crippen LogP contribution in [-0.4, -0.2) is 29.0 Å². The molecule has 1 aromatic heterocycles. The smallest absolute Gasteiger partial charge is 0.293 e. The van der Waals surface area contributed by atoms with Gasteiger partial charge in [0.15, 0.2) is 17.6 Å². The van der Waals surface area contributed by atoms with Crippen molar-refractivity contribution in [3.63, 3.8) is 0 Å². The van der Waals surface area contributed by atoms with Gasteiger partial charge in [0.05, 0.1) is 18.3 Å². The molecular weight excluding hydrogens is 336 g/mol. The molecule has 1 amide bonds. The number of pyridine rings is 1. The number of rotatable bonds is 5. The Bertz CT molecular complexity index is 918. The third-order valence-electron chi connectivity index (χ3n) is 4.23. The van der Waals surface area contributed by atoms with Gasteiger partial charge in [-0.15, -0.1) is 0 Å². The second kappa shape index (κ2) is 7.03. The van der Waals surface area contributed by atoms with E-state index in [9.17, 15) is 14.4 Å². The summed E-state index contributed by atoms with van der Waals surface area (Å²) in [6.07, 6.45) is 0.973. The maximum atomic E-state index is 12.8. The molecule has 1 aromatic carbocycles. The van der Waals surface area contributed by atoms with E-state index in [0.717, 1.165) is 0 Å². The van der Waals surface area contributed by atoms with Crippen LogP contribution in [0.3, 0.4) is 0 Å². The van der Waals surface area contributed by atoms with Crippen molar-refractivity contribution in [3.05, 3.63) is 52.4 Å². The summed E-state index contributed by atoms with van der Waals surface area (Å²) in [6.45, 7) is 5.45. The Kier molecular flexibility index (Phi) is 4.79. The molecule has 2 heterocycles. The Balaban J connectivity index is 1.91. The number of nitrogens with one attached hydrogen (secondary N) is 1. The van der Waals surface area contributed by atoms with Crippen molar-refractivity contribution in [3.8, 4) is 11.5 Å². The van der Waals surface area contributed by atoms with Crippen molar-refractivity contribution >= 4 is 17.4 Å². The molecule has 7 nitrogen and oxygen atoms in total. The number of carbonyl (C=O) groups is 2. The zero-order valence-corrected chi connectivity index (χ0v) is 14.8. The van der Waals surface area contributed by atoms with Crippen LogP contribution in [0.15, 0.2) is 41.3 Å². The van der Waals surface area contributed by atoms with E-state index in [1.165, 1.54) is 4.57 Å². The van der Waals surface area contributed by atoms with Crippen molar-refractivity contribution in [1.29, 1.82) is 0 Å². The summed E-state index contributed by atoms with van der Waals surface area (Å²) in [5.74, 6) is 0.193. The molecule has 0 saturated heterocycles. The summed E-state index contributed by atoms with van der Waals surface area (Å²) in [5.41, 5.74) is 0.462. The highest BCUT2D eigenvalue weighted by molar-refractivity contribution is 6.02. The van der Waals surface area contributed by atoms with Crippen LogP contribution in [0, 0.1) is 0 Å². The predicted molar refractivity (Wildman–Crippen MR) is 96.1 cm³/mol. The second-order valence-electron chi connectivity index (χ2n) is 6.02. The standard InChI is InChI=1S/C19H20N2O5/c1-4-25-16-6-5-9-21(19(16)24)11(2)17(22)13-7-8-15-14(10-13)20-18(23)12(3)26-15/h5-12H,4H2,1-3H3,(H,20,23). The highest BCUT2D eigenvalue weighted by atomic mass is 16.5. The molecule has 0 spiro atoms. The maximum Gasteiger partial charge on any atom is 0.293 e. The highest BCUT2D eigenvalue weighted by Crippen LogP contribution is 2.31. The molecular formula is C19H20N2O5. The molecule has 2 atom stereocenters. The molecule has 7 heteroatoms. The number of hydrogen-bond donors (Lipinski definition) is 1. The third-order valence-corrected chi connectivity index (χ3v) is 4.23. The lowest BCUT2D eigenvalue weighted by Gasteiger charge is -2.24. The Morgan fingerprint density at radius 1 is 1.35 bits per heavy atom. The molecule has 1 N–H and O–H groups in total. The van der Waals surface area contributed by atoms with Gasteiger partial charge in [0.25, 0.3) is 11.5 Å². The first kappa shape index (κ1) is 17.7. The topological polar surface area (TPSA) is 86.6 Å². The molecule has 0 radical (unpaired) electrons. The number of aromatic nitrogens is 1. The molecule has 2 unspecified atom stereocenters. The van der Waals surface area contributed by atoms with Gasteiger partial charge in [0.1, 0.15) is 5.75 Å². The SMILES string of the molecule is CCOc1cccn(C(C)C(=O)c2ccc3c(c2)NC(=O)C(C)O3)c1=O. The average molecular weight is 356 g/mol. The molecule has 0 saturated carbocycles. The van der Waals surface area contributed by atoms with E-state index < -0.39 is 12.1 Å². The minimum atomic E-state index is -0.722. The minimum Gasteiger partial charge on any atom is -0.488 e. The van der Waals surface area contributed by atoms with Gasteiger partial charge in [-0.25, -0.2) is 0 Å². The number of Topliss-reactive ketones (excluding diaryl/α,β-unsaturated/α-hetero) is 1. The fourth-order valence-electron chi connectivity index (χ4n) is 2.79. The third kappa shape index (κ3) is 3.20. The zero-order chi connectivity index (χ0) is 18.8. The minimum absolute atomic E-state index is 0.203. The van der Waals surface area contributed by atoms with Crippen molar-refractivity contribution in [2.75, 3.05) is 11.9 Å². The number of benzene rings is 1. The molecule has 26 heavy (non-hydrogen) atoms. The fraction of sp³-hybridized carbons (Fsp3) is 0.316.